The fourth-order valence-corrected chi connectivity index (χ4v) is 3.50. The van der Waals surface area contributed by atoms with Crippen molar-refractivity contribution in [3.05, 3.63) is 93.0 Å². The maximum atomic E-state index is 12.4. The third-order valence-electron chi connectivity index (χ3n) is 5.07. The van der Waals surface area contributed by atoms with Gasteiger partial charge in [-0.15, -0.1) is 0 Å². The summed E-state index contributed by atoms with van der Waals surface area (Å²) < 4.78 is 11.4. The zero-order valence-corrected chi connectivity index (χ0v) is 15.7. The summed E-state index contributed by atoms with van der Waals surface area (Å²) in [6.07, 6.45) is 2.46. The van der Waals surface area contributed by atoms with E-state index >= 15 is 0 Å². The molecule has 1 aliphatic heterocycles. The zero-order chi connectivity index (χ0) is 18.8. The summed E-state index contributed by atoms with van der Waals surface area (Å²) >= 11 is 0. The number of benzene rings is 2. The predicted octanol–water partition coefficient (Wildman–Crippen LogP) is 4.40. The van der Waals surface area contributed by atoms with Crippen LogP contribution < -0.4 is 15.1 Å². The molecule has 0 saturated heterocycles. The maximum Gasteiger partial charge on any atom is 0.227 e. The number of hydrogen-bond donors (Lipinski definition) is 0. The molecule has 0 atom stereocenters. The van der Waals surface area contributed by atoms with Gasteiger partial charge in [-0.05, 0) is 43.0 Å². The summed E-state index contributed by atoms with van der Waals surface area (Å²) in [5, 5.41) is 0. The lowest BCUT2D eigenvalue weighted by atomic mass is 10.1. The van der Waals surface area contributed by atoms with Crippen molar-refractivity contribution < 1.29 is 9.15 Å². The van der Waals surface area contributed by atoms with E-state index < -0.39 is 0 Å². The highest BCUT2D eigenvalue weighted by atomic mass is 16.5. The second-order valence-corrected chi connectivity index (χ2v) is 7.09. The first kappa shape index (κ1) is 17.4. The Morgan fingerprint density at radius 3 is 2.81 bits per heavy atom. The average Bonchev–Trinajstić information content (AvgIpc) is 3.07. The molecule has 0 spiro atoms. The first-order chi connectivity index (χ1) is 13.1. The van der Waals surface area contributed by atoms with Crippen molar-refractivity contribution >= 4 is 5.69 Å². The van der Waals surface area contributed by atoms with Crippen LogP contribution in [0.3, 0.4) is 0 Å². The van der Waals surface area contributed by atoms with Crippen LogP contribution in [-0.2, 0) is 19.6 Å². The van der Waals surface area contributed by atoms with E-state index in [0.717, 1.165) is 24.1 Å². The van der Waals surface area contributed by atoms with E-state index in [1.54, 1.807) is 6.07 Å². The van der Waals surface area contributed by atoms with Crippen molar-refractivity contribution in [2.75, 3.05) is 11.4 Å². The van der Waals surface area contributed by atoms with E-state index in [-0.39, 0.29) is 11.2 Å². The summed E-state index contributed by atoms with van der Waals surface area (Å²) in [7, 11) is 0. The SMILES string of the molecule is Cc1ccc(C)c(COc2coc(CN3CCc4ccccc43)cc2=O)c1. The lowest BCUT2D eigenvalue weighted by Crippen LogP contribution is -2.20. The van der Waals surface area contributed by atoms with E-state index in [0.29, 0.717) is 18.9 Å². The molecule has 4 rings (SSSR count). The second kappa shape index (κ2) is 7.31. The van der Waals surface area contributed by atoms with E-state index in [1.807, 2.05) is 19.9 Å². The van der Waals surface area contributed by atoms with Gasteiger partial charge in [-0.25, -0.2) is 0 Å². The lowest BCUT2D eigenvalue weighted by Gasteiger charge is -2.18. The van der Waals surface area contributed by atoms with Gasteiger partial charge in [0.25, 0.3) is 0 Å². The first-order valence-electron chi connectivity index (χ1n) is 9.23. The first-order valence-corrected chi connectivity index (χ1v) is 9.23. The number of hydrogen-bond acceptors (Lipinski definition) is 4. The molecule has 0 bridgehead atoms. The van der Waals surface area contributed by atoms with E-state index in [9.17, 15) is 4.79 Å². The van der Waals surface area contributed by atoms with Crippen molar-refractivity contribution in [3.8, 4) is 5.75 Å². The van der Waals surface area contributed by atoms with Crippen LogP contribution in [-0.4, -0.2) is 6.54 Å². The van der Waals surface area contributed by atoms with E-state index in [4.69, 9.17) is 9.15 Å². The van der Waals surface area contributed by atoms with E-state index in [2.05, 4.69) is 41.3 Å². The van der Waals surface area contributed by atoms with Crippen LogP contribution >= 0.6 is 0 Å². The van der Waals surface area contributed by atoms with E-state index in [1.165, 1.54) is 23.1 Å². The Labute approximate surface area is 159 Å². The molecule has 0 amide bonds. The summed E-state index contributed by atoms with van der Waals surface area (Å²) in [5.74, 6) is 0.900. The molecule has 0 unspecified atom stereocenters. The Morgan fingerprint density at radius 1 is 1.11 bits per heavy atom. The molecular weight excluding hydrogens is 338 g/mol. The number of para-hydroxylation sites is 1. The molecular formula is C23H23NO3. The van der Waals surface area contributed by atoms with Crippen molar-refractivity contribution in [1.82, 2.24) is 0 Å². The van der Waals surface area contributed by atoms with Crippen LogP contribution in [0.15, 0.2) is 64.0 Å². The summed E-state index contributed by atoms with van der Waals surface area (Å²) in [6, 6.07) is 16.1. The zero-order valence-electron chi connectivity index (χ0n) is 15.7. The molecule has 2 heterocycles. The molecule has 0 fully saturated rings. The van der Waals surface area contributed by atoms with Gasteiger partial charge in [0.05, 0.1) is 6.54 Å². The van der Waals surface area contributed by atoms with Gasteiger partial charge in [0, 0.05) is 18.3 Å². The van der Waals surface area contributed by atoms with Gasteiger partial charge >= 0.3 is 0 Å². The number of rotatable bonds is 5. The smallest absolute Gasteiger partial charge is 0.227 e. The molecule has 138 valence electrons. The summed E-state index contributed by atoms with van der Waals surface area (Å²) in [5.41, 5.74) is 5.81. The van der Waals surface area contributed by atoms with Gasteiger partial charge in [0.15, 0.2) is 0 Å². The molecule has 3 aromatic rings. The third-order valence-corrected chi connectivity index (χ3v) is 5.07. The number of anilines is 1. The number of fused-ring (bicyclic) bond motifs is 1. The Hall–Kier alpha value is -3.01. The Morgan fingerprint density at radius 2 is 1.96 bits per heavy atom. The minimum Gasteiger partial charge on any atom is -0.482 e. The normalized spacial score (nSPS) is 12.9. The maximum absolute atomic E-state index is 12.4. The minimum absolute atomic E-state index is 0.144. The largest absolute Gasteiger partial charge is 0.482 e. The second-order valence-electron chi connectivity index (χ2n) is 7.09. The monoisotopic (exact) mass is 361 g/mol. The molecule has 27 heavy (non-hydrogen) atoms. The van der Waals surface area contributed by atoms with Crippen LogP contribution in [0.4, 0.5) is 5.69 Å². The highest BCUT2D eigenvalue weighted by molar-refractivity contribution is 5.57. The predicted molar refractivity (Wildman–Crippen MR) is 106 cm³/mol. The van der Waals surface area contributed by atoms with Gasteiger partial charge in [-0.3, -0.25) is 4.79 Å². The summed E-state index contributed by atoms with van der Waals surface area (Å²) in [4.78, 5) is 14.7. The third kappa shape index (κ3) is 3.75. The highest BCUT2D eigenvalue weighted by Crippen LogP contribution is 2.28. The molecule has 4 nitrogen and oxygen atoms in total. The van der Waals surface area contributed by atoms with Crippen molar-refractivity contribution in [2.45, 2.75) is 33.4 Å². The minimum atomic E-state index is -0.144. The molecule has 1 aromatic heterocycles. The lowest BCUT2D eigenvalue weighted by molar-refractivity contribution is 0.289. The Balaban J connectivity index is 1.45. The van der Waals surface area contributed by atoms with Crippen LogP contribution in [0.1, 0.15) is 28.0 Å². The van der Waals surface area contributed by atoms with Gasteiger partial charge in [0.1, 0.15) is 18.6 Å². The van der Waals surface area contributed by atoms with Crippen LogP contribution in [0.5, 0.6) is 5.75 Å². The van der Waals surface area contributed by atoms with Gasteiger partial charge in [0.2, 0.25) is 11.2 Å². The number of nitrogens with zero attached hydrogens (tertiary/aromatic N) is 1. The highest BCUT2D eigenvalue weighted by Gasteiger charge is 2.19. The fraction of sp³-hybridized carbons (Fsp3) is 0.261. The Bertz CT molecular complexity index is 1020. The molecule has 4 heteroatoms. The summed E-state index contributed by atoms with van der Waals surface area (Å²) in [6.45, 7) is 5.97. The molecule has 2 aromatic carbocycles. The van der Waals surface area contributed by atoms with Crippen molar-refractivity contribution in [3.63, 3.8) is 0 Å². The van der Waals surface area contributed by atoms with Crippen LogP contribution in [0, 0.1) is 13.8 Å². The van der Waals surface area contributed by atoms with Gasteiger partial charge < -0.3 is 14.1 Å². The Kier molecular flexibility index (Phi) is 4.71. The van der Waals surface area contributed by atoms with Gasteiger partial charge in [-0.1, -0.05) is 42.0 Å². The number of aryl methyl sites for hydroxylation is 2. The quantitative estimate of drug-likeness (QED) is 0.676. The van der Waals surface area contributed by atoms with Crippen LogP contribution in [0.25, 0.3) is 0 Å². The molecule has 0 aliphatic carbocycles. The standard InChI is InChI=1S/C23H23NO3/c1-16-7-8-17(2)19(11-16)14-27-23-15-26-20(12-22(23)25)13-24-10-9-18-5-3-4-6-21(18)24/h3-8,11-12,15H,9-10,13-14H2,1-2H3. The van der Waals surface area contributed by atoms with Crippen molar-refractivity contribution in [2.24, 2.45) is 0 Å². The van der Waals surface area contributed by atoms with Crippen LogP contribution in [0.2, 0.25) is 0 Å². The average molecular weight is 361 g/mol. The van der Waals surface area contributed by atoms with Gasteiger partial charge in [-0.2, -0.15) is 0 Å². The molecule has 0 radical (unpaired) electrons. The molecule has 1 aliphatic rings. The number of ether oxygens (including phenoxy) is 1. The fourth-order valence-electron chi connectivity index (χ4n) is 3.50. The molecule has 0 saturated carbocycles. The van der Waals surface area contributed by atoms with Crippen molar-refractivity contribution in [1.29, 1.82) is 0 Å². The molecule has 0 N–H and O–H groups in total. The topological polar surface area (TPSA) is 42.7 Å².